The van der Waals surface area contributed by atoms with Gasteiger partial charge in [0.05, 0.1) is 11.5 Å². The van der Waals surface area contributed by atoms with Crippen molar-refractivity contribution in [2.75, 3.05) is 45.3 Å². The van der Waals surface area contributed by atoms with Crippen molar-refractivity contribution in [1.29, 1.82) is 0 Å². The van der Waals surface area contributed by atoms with E-state index < -0.39 is 0 Å². The monoisotopic (exact) mass is 418 g/mol. The summed E-state index contributed by atoms with van der Waals surface area (Å²) in [6.45, 7) is 5.27. The smallest absolute Gasteiger partial charge is 0.261 e. The molecule has 2 aromatic rings. The summed E-state index contributed by atoms with van der Waals surface area (Å²) < 4.78 is 10.8. The molecule has 0 unspecified atom stereocenters. The highest BCUT2D eigenvalue weighted by Crippen LogP contribution is 2.17. The summed E-state index contributed by atoms with van der Waals surface area (Å²) in [4.78, 5) is 17.2. The number of benzene rings is 1. The van der Waals surface area contributed by atoms with Crippen LogP contribution in [0.2, 0.25) is 0 Å². The number of hydrogen-bond acceptors (Lipinski definition) is 5. The first kappa shape index (κ1) is 22.7. The molecule has 0 fully saturated rings. The second kappa shape index (κ2) is 13.6. The Balaban J connectivity index is 1.78. The summed E-state index contributed by atoms with van der Waals surface area (Å²) in [7, 11) is 1.68. The average Bonchev–Trinajstić information content (AvgIpc) is 3.26. The van der Waals surface area contributed by atoms with Crippen LogP contribution in [0.3, 0.4) is 0 Å². The van der Waals surface area contributed by atoms with Crippen molar-refractivity contribution in [3.05, 3.63) is 46.7 Å². The fraction of sp³-hybridized carbons (Fsp3) is 0.429. The van der Waals surface area contributed by atoms with Crippen LogP contribution in [0.1, 0.15) is 29.4 Å². The van der Waals surface area contributed by atoms with Gasteiger partial charge < -0.3 is 25.4 Å². The van der Waals surface area contributed by atoms with Crippen LogP contribution in [0.4, 0.5) is 5.69 Å². The lowest BCUT2D eigenvalue weighted by Gasteiger charge is -2.13. The zero-order valence-corrected chi connectivity index (χ0v) is 17.9. The van der Waals surface area contributed by atoms with Gasteiger partial charge in [-0.3, -0.25) is 9.79 Å². The molecule has 0 aliphatic heterocycles. The molecule has 3 N–H and O–H groups in total. The molecule has 0 bridgehead atoms. The number of carbonyl (C=O) groups excluding carboxylic acids is 1. The molecular formula is C21H30N4O3S. The van der Waals surface area contributed by atoms with Crippen LogP contribution in [0, 0.1) is 0 Å². The predicted molar refractivity (Wildman–Crippen MR) is 119 cm³/mol. The van der Waals surface area contributed by atoms with Crippen LogP contribution in [-0.2, 0) is 4.74 Å². The molecular weight excluding hydrogens is 388 g/mol. The second-order valence-electron chi connectivity index (χ2n) is 6.20. The number of thiophene rings is 1. The van der Waals surface area contributed by atoms with Gasteiger partial charge in [0.1, 0.15) is 5.75 Å². The molecule has 0 radical (unpaired) electrons. The van der Waals surface area contributed by atoms with E-state index in [0.29, 0.717) is 32.3 Å². The van der Waals surface area contributed by atoms with Crippen molar-refractivity contribution >= 4 is 28.9 Å². The lowest BCUT2D eigenvalue weighted by Crippen LogP contribution is -2.31. The van der Waals surface area contributed by atoms with Crippen molar-refractivity contribution in [3.8, 4) is 5.75 Å². The van der Waals surface area contributed by atoms with Gasteiger partial charge >= 0.3 is 0 Å². The third kappa shape index (κ3) is 8.97. The minimum atomic E-state index is -0.0312. The number of hydrogen-bond donors (Lipinski definition) is 3. The van der Waals surface area contributed by atoms with E-state index in [1.54, 1.807) is 7.11 Å². The molecule has 2 rings (SSSR count). The van der Waals surface area contributed by atoms with Crippen molar-refractivity contribution in [2.45, 2.75) is 19.8 Å². The fourth-order valence-electron chi connectivity index (χ4n) is 2.47. The Bertz CT molecular complexity index is 750. The van der Waals surface area contributed by atoms with E-state index in [9.17, 15) is 4.79 Å². The van der Waals surface area contributed by atoms with E-state index in [4.69, 9.17) is 9.47 Å². The maximum absolute atomic E-state index is 11.9. The van der Waals surface area contributed by atoms with Crippen LogP contribution in [0.15, 0.2) is 46.8 Å². The highest BCUT2D eigenvalue weighted by molar-refractivity contribution is 7.12. The maximum Gasteiger partial charge on any atom is 0.261 e. The van der Waals surface area contributed by atoms with E-state index in [2.05, 4.69) is 20.9 Å². The van der Waals surface area contributed by atoms with Gasteiger partial charge in [-0.25, -0.2) is 0 Å². The Kier molecular flexibility index (Phi) is 10.6. The molecule has 8 heteroatoms. The van der Waals surface area contributed by atoms with Crippen LogP contribution >= 0.6 is 11.3 Å². The van der Waals surface area contributed by atoms with Crippen LogP contribution < -0.4 is 20.7 Å². The first-order valence-electron chi connectivity index (χ1n) is 9.81. The standard InChI is InChI=1S/C21H30N4O3S/c1-3-22-21(24-12-6-11-23-20(26)19-10-5-15-29-19)25-17-8-4-9-18(16-17)28-14-7-13-27-2/h4-5,8-10,15-16H,3,6-7,11-14H2,1-2H3,(H,23,26)(H2,22,24,25). The lowest BCUT2D eigenvalue weighted by atomic mass is 10.3. The van der Waals surface area contributed by atoms with Crippen molar-refractivity contribution in [2.24, 2.45) is 4.99 Å². The van der Waals surface area contributed by atoms with Gasteiger partial charge in [0.25, 0.3) is 5.91 Å². The second-order valence-corrected chi connectivity index (χ2v) is 7.14. The first-order valence-corrected chi connectivity index (χ1v) is 10.7. The molecule has 158 valence electrons. The summed E-state index contributed by atoms with van der Waals surface area (Å²) in [5, 5.41) is 11.3. The largest absolute Gasteiger partial charge is 0.493 e. The molecule has 1 heterocycles. The van der Waals surface area contributed by atoms with Gasteiger partial charge in [0.15, 0.2) is 5.96 Å². The molecule has 7 nitrogen and oxygen atoms in total. The minimum absolute atomic E-state index is 0.0312. The molecule has 0 saturated heterocycles. The Hall–Kier alpha value is -2.58. The fourth-order valence-corrected chi connectivity index (χ4v) is 3.11. The number of aliphatic imine (C=N–C) groups is 1. The molecule has 29 heavy (non-hydrogen) atoms. The minimum Gasteiger partial charge on any atom is -0.493 e. The normalized spacial score (nSPS) is 11.2. The number of methoxy groups -OCH3 is 1. The third-order valence-electron chi connectivity index (χ3n) is 3.84. The van der Waals surface area contributed by atoms with Crippen molar-refractivity contribution < 1.29 is 14.3 Å². The molecule has 0 spiro atoms. The van der Waals surface area contributed by atoms with Crippen molar-refractivity contribution in [3.63, 3.8) is 0 Å². The van der Waals surface area contributed by atoms with E-state index in [-0.39, 0.29) is 5.91 Å². The quantitative estimate of drug-likeness (QED) is 0.280. The summed E-state index contributed by atoms with van der Waals surface area (Å²) in [6, 6.07) is 11.5. The average molecular weight is 419 g/mol. The molecule has 0 aliphatic carbocycles. The number of amides is 1. The maximum atomic E-state index is 11.9. The van der Waals surface area contributed by atoms with E-state index in [0.717, 1.165) is 35.7 Å². The van der Waals surface area contributed by atoms with Gasteiger partial charge in [-0.15, -0.1) is 11.3 Å². The van der Waals surface area contributed by atoms with E-state index in [1.807, 2.05) is 48.7 Å². The van der Waals surface area contributed by atoms with Gasteiger partial charge in [0.2, 0.25) is 0 Å². The van der Waals surface area contributed by atoms with Gasteiger partial charge in [0, 0.05) is 51.5 Å². The Labute approximate surface area is 176 Å². The van der Waals surface area contributed by atoms with Gasteiger partial charge in [-0.05, 0) is 36.9 Å². The molecule has 0 aliphatic rings. The Morgan fingerprint density at radius 2 is 2.03 bits per heavy atom. The molecule has 1 amide bonds. The third-order valence-corrected chi connectivity index (χ3v) is 4.71. The SMILES string of the molecule is CCNC(=NCCCNC(=O)c1cccs1)Nc1cccc(OCCCOC)c1. The number of nitrogens with zero attached hydrogens (tertiary/aromatic N) is 1. The number of carbonyl (C=O) groups is 1. The number of anilines is 1. The zero-order chi connectivity index (χ0) is 20.7. The Morgan fingerprint density at radius 3 is 2.79 bits per heavy atom. The van der Waals surface area contributed by atoms with Gasteiger partial charge in [-0.2, -0.15) is 0 Å². The summed E-state index contributed by atoms with van der Waals surface area (Å²) >= 11 is 1.44. The molecule has 0 atom stereocenters. The Morgan fingerprint density at radius 1 is 1.14 bits per heavy atom. The topological polar surface area (TPSA) is 84.0 Å². The van der Waals surface area contributed by atoms with Gasteiger partial charge in [-0.1, -0.05) is 12.1 Å². The van der Waals surface area contributed by atoms with Crippen LogP contribution in [0.25, 0.3) is 0 Å². The number of ether oxygens (including phenoxy) is 2. The first-order chi connectivity index (χ1) is 14.2. The molecule has 1 aromatic carbocycles. The number of rotatable bonds is 12. The van der Waals surface area contributed by atoms with E-state index >= 15 is 0 Å². The molecule has 0 saturated carbocycles. The van der Waals surface area contributed by atoms with Crippen LogP contribution in [-0.4, -0.2) is 51.8 Å². The summed E-state index contributed by atoms with van der Waals surface area (Å²) in [5.41, 5.74) is 0.903. The highest BCUT2D eigenvalue weighted by Gasteiger charge is 2.05. The van der Waals surface area contributed by atoms with Crippen LogP contribution in [0.5, 0.6) is 5.75 Å². The van der Waals surface area contributed by atoms with E-state index in [1.165, 1.54) is 11.3 Å². The number of nitrogens with one attached hydrogen (secondary N) is 3. The molecule has 1 aromatic heterocycles. The summed E-state index contributed by atoms with van der Waals surface area (Å²) in [6.07, 6.45) is 1.61. The highest BCUT2D eigenvalue weighted by atomic mass is 32.1. The number of guanidine groups is 1. The predicted octanol–water partition coefficient (Wildman–Crippen LogP) is 3.36. The zero-order valence-electron chi connectivity index (χ0n) is 17.1. The lowest BCUT2D eigenvalue weighted by molar-refractivity contribution is 0.0957. The summed E-state index contributed by atoms with van der Waals surface area (Å²) in [5.74, 6) is 1.48. The van der Waals surface area contributed by atoms with Crippen molar-refractivity contribution in [1.82, 2.24) is 10.6 Å².